The Kier molecular flexibility index (Phi) is 3.13. The van der Waals surface area contributed by atoms with Crippen LogP contribution in [0.15, 0.2) is 54.0 Å². The molecule has 0 saturated carbocycles. The molecule has 3 heteroatoms. The standard InChI is InChI=1S/C16H14NOS/c1-12-9-13-5-2-3-6-14(13)10-17(12)11-15(18)16-7-4-8-19-16/h2-10H,11H2,1H3/q+1. The zero-order chi connectivity index (χ0) is 13.2. The smallest absolute Gasteiger partial charge is 0.237 e. The number of thiophene rings is 1. The monoisotopic (exact) mass is 268 g/mol. The number of hydrogen-bond donors (Lipinski definition) is 0. The van der Waals surface area contributed by atoms with Crippen LogP contribution in [-0.4, -0.2) is 5.78 Å². The van der Waals surface area contributed by atoms with Crippen LogP contribution in [0.4, 0.5) is 0 Å². The fourth-order valence-corrected chi connectivity index (χ4v) is 2.83. The fourth-order valence-electron chi connectivity index (χ4n) is 2.18. The van der Waals surface area contributed by atoms with Crippen LogP contribution in [0.3, 0.4) is 0 Å². The zero-order valence-corrected chi connectivity index (χ0v) is 11.5. The van der Waals surface area contributed by atoms with Crippen LogP contribution in [0.25, 0.3) is 10.8 Å². The van der Waals surface area contributed by atoms with Gasteiger partial charge in [-0.2, -0.15) is 4.57 Å². The number of ketones is 1. The van der Waals surface area contributed by atoms with Gasteiger partial charge in [-0.15, -0.1) is 11.3 Å². The van der Waals surface area contributed by atoms with Crippen LogP contribution < -0.4 is 4.57 Å². The Balaban J connectivity index is 1.96. The van der Waals surface area contributed by atoms with E-state index < -0.39 is 0 Å². The molecular weight excluding hydrogens is 254 g/mol. The summed E-state index contributed by atoms with van der Waals surface area (Å²) in [6.07, 6.45) is 2.05. The average molecular weight is 268 g/mol. The zero-order valence-electron chi connectivity index (χ0n) is 10.7. The quantitative estimate of drug-likeness (QED) is 0.527. The number of hydrogen-bond acceptors (Lipinski definition) is 2. The highest BCUT2D eigenvalue weighted by Crippen LogP contribution is 2.13. The minimum absolute atomic E-state index is 0.165. The predicted molar refractivity (Wildman–Crippen MR) is 77.5 cm³/mol. The summed E-state index contributed by atoms with van der Waals surface area (Å²) < 4.78 is 2.02. The Morgan fingerprint density at radius 3 is 2.68 bits per heavy atom. The van der Waals surface area contributed by atoms with Crippen molar-refractivity contribution in [3.63, 3.8) is 0 Å². The predicted octanol–water partition coefficient (Wildman–Crippen LogP) is 3.38. The highest BCUT2D eigenvalue weighted by atomic mass is 32.1. The van der Waals surface area contributed by atoms with Gasteiger partial charge in [-0.1, -0.05) is 24.3 Å². The van der Waals surface area contributed by atoms with Crippen molar-refractivity contribution in [2.75, 3.05) is 0 Å². The molecule has 0 aliphatic heterocycles. The highest BCUT2D eigenvalue weighted by molar-refractivity contribution is 7.12. The van der Waals surface area contributed by atoms with Crippen LogP contribution >= 0.6 is 11.3 Å². The van der Waals surface area contributed by atoms with Gasteiger partial charge in [0.05, 0.1) is 4.88 Å². The lowest BCUT2D eigenvalue weighted by Crippen LogP contribution is -2.40. The van der Waals surface area contributed by atoms with E-state index in [1.54, 1.807) is 0 Å². The summed E-state index contributed by atoms with van der Waals surface area (Å²) in [6, 6.07) is 14.1. The third-order valence-electron chi connectivity index (χ3n) is 3.22. The highest BCUT2D eigenvalue weighted by Gasteiger charge is 2.16. The van der Waals surface area contributed by atoms with Gasteiger partial charge in [0.15, 0.2) is 11.9 Å². The van der Waals surface area contributed by atoms with Gasteiger partial charge in [0.2, 0.25) is 12.3 Å². The molecular formula is C16H14NOS+. The number of benzene rings is 1. The number of nitrogens with zero attached hydrogens (tertiary/aromatic N) is 1. The van der Waals surface area contributed by atoms with E-state index in [1.165, 1.54) is 16.7 Å². The topological polar surface area (TPSA) is 20.9 Å². The first kappa shape index (κ1) is 12.1. The Bertz CT molecular complexity index is 732. The number of rotatable bonds is 3. The normalized spacial score (nSPS) is 10.8. The van der Waals surface area contributed by atoms with Gasteiger partial charge in [0.1, 0.15) is 0 Å². The number of carbonyl (C=O) groups excluding carboxylic acids is 1. The molecule has 0 atom stereocenters. The minimum Gasteiger partial charge on any atom is -0.286 e. The molecule has 0 spiro atoms. The van der Waals surface area contributed by atoms with E-state index in [4.69, 9.17) is 0 Å². The maximum atomic E-state index is 12.2. The maximum Gasteiger partial charge on any atom is 0.237 e. The summed E-state index contributed by atoms with van der Waals surface area (Å²) in [4.78, 5) is 13.0. The van der Waals surface area contributed by atoms with E-state index in [-0.39, 0.29) is 5.78 Å². The molecule has 19 heavy (non-hydrogen) atoms. The molecule has 3 rings (SSSR count). The molecule has 0 unspecified atom stereocenters. The first-order valence-electron chi connectivity index (χ1n) is 6.19. The lowest BCUT2D eigenvalue weighted by molar-refractivity contribution is -0.687. The molecule has 0 amide bonds. The number of aromatic nitrogens is 1. The Hall–Kier alpha value is -2.00. The van der Waals surface area contributed by atoms with Gasteiger partial charge in [-0.3, -0.25) is 4.79 Å². The summed E-state index contributed by atoms with van der Waals surface area (Å²) in [6.45, 7) is 2.44. The Morgan fingerprint density at radius 1 is 1.16 bits per heavy atom. The number of carbonyl (C=O) groups is 1. The largest absolute Gasteiger partial charge is 0.286 e. The number of aryl methyl sites for hydroxylation is 1. The van der Waals surface area contributed by atoms with Crippen molar-refractivity contribution in [3.05, 3.63) is 64.6 Å². The Morgan fingerprint density at radius 2 is 1.95 bits per heavy atom. The number of fused-ring (bicyclic) bond motifs is 1. The number of pyridine rings is 1. The minimum atomic E-state index is 0.165. The van der Waals surface area contributed by atoms with Gasteiger partial charge < -0.3 is 0 Å². The van der Waals surface area contributed by atoms with Gasteiger partial charge in [0, 0.05) is 18.4 Å². The molecule has 2 nitrogen and oxygen atoms in total. The number of Topliss-reactive ketones (excluding diaryl/α,β-unsaturated/α-hetero) is 1. The van der Waals surface area contributed by atoms with E-state index in [0.29, 0.717) is 6.54 Å². The molecule has 0 aliphatic carbocycles. The molecule has 0 bridgehead atoms. The van der Waals surface area contributed by atoms with Gasteiger partial charge in [-0.25, -0.2) is 0 Å². The lowest BCUT2D eigenvalue weighted by atomic mass is 10.1. The Labute approximate surface area is 115 Å². The third kappa shape index (κ3) is 2.42. The van der Waals surface area contributed by atoms with Crippen molar-refractivity contribution >= 4 is 27.9 Å². The molecule has 0 aliphatic rings. The molecule has 0 fully saturated rings. The molecule has 1 aromatic carbocycles. The van der Waals surface area contributed by atoms with Crippen molar-refractivity contribution in [1.82, 2.24) is 0 Å². The van der Waals surface area contributed by atoms with E-state index in [9.17, 15) is 4.79 Å². The molecule has 3 aromatic rings. The van der Waals surface area contributed by atoms with Gasteiger partial charge >= 0.3 is 0 Å². The van der Waals surface area contributed by atoms with Crippen LogP contribution in [0.1, 0.15) is 15.4 Å². The van der Waals surface area contributed by atoms with Crippen LogP contribution in [0.2, 0.25) is 0 Å². The lowest BCUT2D eigenvalue weighted by Gasteiger charge is -2.02. The van der Waals surface area contributed by atoms with Crippen molar-refractivity contribution in [2.45, 2.75) is 13.5 Å². The van der Waals surface area contributed by atoms with E-state index in [2.05, 4.69) is 24.4 Å². The van der Waals surface area contributed by atoms with Crippen molar-refractivity contribution < 1.29 is 9.36 Å². The van der Waals surface area contributed by atoms with Crippen LogP contribution in [0.5, 0.6) is 0 Å². The maximum absolute atomic E-state index is 12.2. The van der Waals surface area contributed by atoms with Gasteiger partial charge in [0.25, 0.3) is 0 Å². The van der Waals surface area contributed by atoms with Crippen molar-refractivity contribution in [2.24, 2.45) is 0 Å². The average Bonchev–Trinajstić information content (AvgIpc) is 2.93. The van der Waals surface area contributed by atoms with Crippen LogP contribution in [-0.2, 0) is 6.54 Å². The second-order valence-electron chi connectivity index (χ2n) is 4.57. The summed E-state index contributed by atoms with van der Waals surface area (Å²) in [5.74, 6) is 0.165. The SMILES string of the molecule is Cc1cc2ccccc2c[n+]1CC(=O)c1cccs1. The van der Waals surface area contributed by atoms with Crippen molar-refractivity contribution in [1.29, 1.82) is 0 Å². The molecule has 94 valence electrons. The van der Waals surface area contributed by atoms with E-state index >= 15 is 0 Å². The first-order chi connectivity index (χ1) is 9.24. The molecule has 2 aromatic heterocycles. The summed E-state index contributed by atoms with van der Waals surface area (Å²) in [5, 5.41) is 4.30. The fraction of sp³-hybridized carbons (Fsp3) is 0.125. The van der Waals surface area contributed by atoms with Crippen LogP contribution in [0, 0.1) is 6.92 Å². The summed E-state index contributed by atoms with van der Waals surface area (Å²) in [7, 11) is 0. The molecule has 0 radical (unpaired) electrons. The third-order valence-corrected chi connectivity index (χ3v) is 4.13. The molecule has 2 heterocycles. The second-order valence-corrected chi connectivity index (χ2v) is 5.52. The van der Waals surface area contributed by atoms with Crippen molar-refractivity contribution in [3.8, 4) is 0 Å². The van der Waals surface area contributed by atoms with E-state index in [1.807, 2.05) is 41.1 Å². The molecule has 0 N–H and O–H groups in total. The summed E-state index contributed by atoms with van der Waals surface area (Å²) >= 11 is 1.50. The molecule has 0 saturated heterocycles. The summed E-state index contributed by atoms with van der Waals surface area (Å²) in [5.41, 5.74) is 1.10. The van der Waals surface area contributed by atoms with Gasteiger partial charge in [-0.05, 0) is 22.9 Å². The van der Waals surface area contributed by atoms with E-state index in [0.717, 1.165) is 16.0 Å². The second kappa shape index (κ2) is 4.94. The first-order valence-corrected chi connectivity index (χ1v) is 7.07.